The van der Waals surface area contributed by atoms with Crippen molar-refractivity contribution in [3.63, 3.8) is 0 Å². The van der Waals surface area contributed by atoms with Crippen molar-refractivity contribution in [3.05, 3.63) is 12.3 Å². The molecule has 0 aliphatic heterocycles. The minimum absolute atomic E-state index is 0.290. The molecule has 0 rings (SSSR count). The highest BCUT2D eigenvalue weighted by atomic mass is 28.4. The summed E-state index contributed by atoms with van der Waals surface area (Å²) in [5.74, 6) is 0. The van der Waals surface area contributed by atoms with Crippen molar-refractivity contribution in [1.82, 2.24) is 5.32 Å². The lowest BCUT2D eigenvalue weighted by Crippen LogP contribution is -2.42. The second-order valence-electron chi connectivity index (χ2n) is 5.77. The first-order valence-corrected chi connectivity index (χ1v) is 8.85. The molecule has 16 heavy (non-hydrogen) atoms. The van der Waals surface area contributed by atoms with E-state index in [0.29, 0.717) is 5.04 Å². The van der Waals surface area contributed by atoms with Crippen LogP contribution in [0.3, 0.4) is 0 Å². The standard InChI is InChI=1S/C12H28N2OSi/c1-11(13)7-8-14-9-10-15-16(5,6)12(2,3)4/h14H,1,7-10,13H2,2-6H3. The molecule has 0 fully saturated rings. The molecule has 0 aromatic rings. The third-order valence-corrected chi connectivity index (χ3v) is 7.71. The number of rotatable bonds is 7. The van der Waals surface area contributed by atoms with Crippen LogP contribution in [0.25, 0.3) is 0 Å². The summed E-state index contributed by atoms with van der Waals surface area (Å²) in [4.78, 5) is 0. The van der Waals surface area contributed by atoms with Gasteiger partial charge in [0.15, 0.2) is 8.32 Å². The molecule has 0 heterocycles. The van der Waals surface area contributed by atoms with Crippen molar-refractivity contribution in [3.8, 4) is 0 Å². The Morgan fingerprint density at radius 3 is 2.31 bits per heavy atom. The maximum atomic E-state index is 6.02. The predicted molar refractivity (Wildman–Crippen MR) is 74.0 cm³/mol. The average molecular weight is 244 g/mol. The van der Waals surface area contributed by atoms with Gasteiger partial charge in [-0.05, 0) is 24.6 Å². The van der Waals surface area contributed by atoms with Gasteiger partial charge in [-0.25, -0.2) is 0 Å². The van der Waals surface area contributed by atoms with Gasteiger partial charge in [0, 0.05) is 25.4 Å². The third kappa shape index (κ3) is 6.30. The van der Waals surface area contributed by atoms with E-state index in [1.807, 2.05) is 0 Å². The van der Waals surface area contributed by atoms with Crippen molar-refractivity contribution in [2.24, 2.45) is 5.73 Å². The number of hydrogen-bond donors (Lipinski definition) is 2. The zero-order chi connectivity index (χ0) is 12.8. The van der Waals surface area contributed by atoms with E-state index in [9.17, 15) is 0 Å². The van der Waals surface area contributed by atoms with Crippen LogP contribution >= 0.6 is 0 Å². The second-order valence-corrected chi connectivity index (χ2v) is 10.6. The van der Waals surface area contributed by atoms with Crippen molar-refractivity contribution < 1.29 is 4.43 Å². The van der Waals surface area contributed by atoms with Crippen LogP contribution < -0.4 is 11.1 Å². The number of nitrogens with one attached hydrogen (secondary N) is 1. The first-order valence-electron chi connectivity index (χ1n) is 5.95. The van der Waals surface area contributed by atoms with E-state index in [4.69, 9.17) is 10.2 Å². The van der Waals surface area contributed by atoms with Crippen LogP contribution in [0, 0.1) is 0 Å². The van der Waals surface area contributed by atoms with Gasteiger partial charge in [-0.2, -0.15) is 0 Å². The molecule has 3 nitrogen and oxygen atoms in total. The molecular weight excluding hydrogens is 216 g/mol. The molecule has 0 aromatic heterocycles. The van der Waals surface area contributed by atoms with Gasteiger partial charge >= 0.3 is 0 Å². The van der Waals surface area contributed by atoms with Crippen LogP contribution in [-0.4, -0.2) is 28.0 Å². The summed E-state index contributed by atoms with van der Waals surface area (Å²) in [6.07, 6.45) is 0.833. The molecule has 96 valence electrons. The normalized spacial score (nSPS) is 12.8. The summed E-state index contributed by atoms with van der Waals surface area (Å²) in [6.45, 7) is 17.5. The van der Waals surface area contributed by atoms with E-state index >= 15 is 0 Å². The molecule has 3 N–H and O–H groups in total. The Bertz CT molecular complexity index is 222. The fourth-order valence-corrected chi connectivity index (χ4v) is 2.01. The van der Waals surface area contributed by atoms with Crippen LogP contribution in [0.1, 0.15) is 27.2 Å². The van der Waals surface area contributed by atoms with E-state index in [0.717, 1.165) is 31.8 Å². The van der Waals surface area contributed by atoms with Gasteiger partial charge in [0.1, 0.15) is 0 Å². The van der Waals surface area contributed by atoms with Gasteiger partial charge < -0.3 is 15.5 Å². The van der Waals surface area contributed by atoms with Gasteiger partial charge in [-0.3, -0.25) is 0 Å². The molecule has 0 aliphatic carbocycles. The fourth-order valence-electron chi connectivity index (χ4n) is 0.969. The molecule has 0 unspecified atom stereocenters. The molecule has 0 amide bonds. The number of nitrogens with two attached hydrogens (primary N) is 1. The minimum atomic E-state index is -1.57. The number of hydrogen-bond acceptors (Lipinski definition) is 3. The highest BCUT2D eigenvalue weighted by Crippen LogP contribution is 2.36. The van der Waals surface area contributed by atoms with E-state index in [2.05, 4.69) is 45.8 Å². The van der Waals surface area contributed by atoms with Crippen LogP contribution in [0.2, 0.25) is 18.1 Å². The predicted octanol–water partition coefficient (Wildman–Crippen LogP) is 2.46. The summed E-state index contributed by atoms with van der Waals surface area (Å²) in [7, 11) is -1.57. The summed E-state index contributed by atoms with van der Waals surface area (Å²) in [5, 5.41) is 3.59. The lowest BCUT2D eigenvalue weighted by atomic mass is 10.2. The smallest absolute Gasteiger partial charge is 0.192 e. The van der Waals surface area contributed by atoms with Crippen molar-refractivity contribution >= 4 is 8.32 Å². The fraction of sp³-hybridized carbons (Fsp3) is 0.833. The Balaban J connectivity index is 3.63. The Labute approximate surface area is 102 Å². The lowest BCUT2D eigenvalue weighted by molar-refractivity contribution is 0.286. The van der Waals surface area contributed by atoms with Gasteiger partial charge in [-0.15, -0.1) is 0 Å². The molecule has 0 bridgehead atoms. The average Bonchev–Trinajstić information content (AvgIpc) is 2.08. The maximum Gasteiger partial charge on any atom is 0.192 e. The molecule has 0 saturated carbocycles. The Morgan fingerprint density at radius 2 is 1.88 bits per heavy atom. The highest BCUT2D eigenvalue weighted by molar-refractivity contribution is 6.74. The van der Waals surface area contributed by atoms with Crippen LogP contribution in [0.4, 0.5) is 0 Å². The zero-order valence-electron chi connectivity index (χ0n) is 11.5. The first kappa shape index (κ1) is 15.7. The highest BCUT2D eigenvalue weighted by Gasteiger charge is 2.36. The molecule has 0 aliphatic rings. The molecule has 0 saturated heterocycles. The largest absolute Gasteiger partial charge is 0.416 e. The summed E-state index contributed by atoms with van der Waals surface area (Å²) in [5.41, 5.74) is 6.21. The first-order chi connectivity index (χ1) is 7.17. The van der Waals surface area contributed by atoms with Crippen LogP contribution in [0.5, 0.6) is 0 Å². The van der Waals surface area contributed by atoms with E-state index in [-0.39, 0.29) is 0 Å². The van der Waals surface area contributed by atoms with E-state index < -0.39 is 8.32 Å². The van der Waals surface area contributed by atoms with Gasteiger partial charge in [0.25, 0.3) is 0 Å². The Morgan fingerprint density at radius 1 is 1.31 bits per heavy atom. The van der Waals surface area contributed by atoms with Gasteiger partial charge in [-0.1, -0.05) is 27.4 Å². The summed E-state index contributed by atoms with van der Waals surface area (Å²) < 4.78 is 6.02. The molecule has 0 aromatic carbocycles. The Kier molecular flexibility index (Phi) is 6.29. The Hall–Kier alpha value is -0.323. The monoisotopic (exact) mass is 244 g/mol. The SMILES string of the molecule is C=C(N)CCNCCO[Si](C)(C)C(C)(C)C. The van der Waals surface area contributed by atoms with Crippen molar-refractivity contribution in [2.45, 2.75) is 45.3 Å². The topological polar surface area (TPSA) is 47.3 Å². The van der Waals surface area contributed by atoms with E-state index in [1.54, 1.807) is 0 Å². The zero-order valence-corrected chi connectivity index (χ0v) is 12.5. The van der Waals surface area contributed by atoms with Gasteiger partial charge in [0.2, 0.25) is 0 Å². The van der Waals surface area contributed by atoms with E-state index in [1.165, 1.54) is 0 Å². The van der Waals surface area contributed by atoms with Crippen molar-refractivity contribution in [2.75, 3.05) is 19.7 Å². The molecule has 0 atom stereocenters. The summed E-state index contributed by atoms with van der Waals surface area (Å²) >= 11 is 0. The summed E-state index contributed by atoms with van der Waals surface area (Å²) in [6, 6.07) is 0. The van der Waals surface area contributed by atoms with Crippen LogP contribution in [0.15, 0.2) is 12.3 Å². The van der Waals surface area contributed by atoms with Crippen LogP contribution in [-0.2, 0) is 4.43 Å². The molecule has 4 heteroatoms. The molecule has 0 spiro atoms. The maximum absolute atomic E-state index is 6.02. The second kappa shape index (κ2) is 6.42. The van der Waals surface area contributed by atoms with Crippen molar-refractivity contribution in [1.29, 1.82) is 0 Å². The quantitative estimate of drug-likeness (QED) is 0.534. The van der Waals surface area contributed by atoms with Gasteiger partial charge in [0.05, 0.1) is 0 Å². The molecular formula is C12H28N2OSi. The third-order valence-electron chi connectivity index (χ3n) is 3.17. The minimum Gasteiger partial charge on any atom is -0.416 e. The molecule has 0 radical (unpaired) electrons. The lowest BCUT2D eigenvalue weighted by Gasteiger charge is -2.36.